The third-order valence-corrected chi connectivity index (χ3v) is 3.34. The summed E-state index contributed by atoms with van der Waals surface area (Å²) in [7, 11) is 0. The van der Waals surface area contributed by atoms with Gasteiger partial charge in [-0.3, -0.25) is 0 Å². The molecule has 1 heterocycles. The van der Waals surface area contributed by atoms with E-state index in [-0.39, 0.29) is 5.92 Å². The lowest BCUT2D eigenvalue weighted by atomic mass is 9.85. The zero-order valence-electron chi connectivity index (χ0n) is 10.7. The number of hydrogen-bond donors (Lipinski definition) is 1. The van der Waals surface area contributed by atoms with Gasteiger partial charge in [-0.15, -0.1) is 0 Å². The SMILES string of the molecule is C[C@]1(O)ON=C(c2ccccc2)[C@H]1c1ccccc1. The summed E-state index contributed by atoms with van der Waals surface area (Å²) >= 11 is 0. The van der Waals surface area contributed by atoms with E-state index < -0.39 is 5.79 Å². The molecule has 0 spiro atoms. The summed E-state index contributed by atoms with van der Waals surface area (Å²) < 4.78 is 0. The second kappa shape index (κ2) is 4.52. The van der Waals surface area contributed by atoms with Gasteiger partial charge < -0.3 is 9.94 Å². The Morgan fingerprint density at radius 3 is 2.21 bits per heavy atom. The Hall–Kier alpha value is -2.13. The molecule has 19 heavy (non-hydrogen) atoms. The van der Waals surface area contributed by atoms with E-state index in [0.717, 1.165) is 16.8 Å². The van der Waals surface area contributed by atoms with E-state index in [9.17, 15) is 5.11 Å². The Balaban J connectivity index is 2.06. The van der Waals surface area contributed by atoms with Crippen molar-refractivity contribution in [3.8, 4) is 0 Å². The summed E-state index contributed by atoms with van der Waals surface area (Å²) in [6.07, 6.45) is 0. The summed E-state index contributed by atoms with van der Waals surface area (Å²) in [5, 5.41) is 14.5. The van der Waals surface area contributed by atoms with Crippen LogP contribution in [-0.4, -0.2) is 16.6 Å². The maximum atomic E-state index is 10.4. The van der Waals surface area contributed by atoms with Crippen LogP contribution < -0.4 is 0 Å². The van der Waals surface area contributed by atoms with Gasteiger partial charge in [-0.1, -0.05) is 65.8 Å². The zero-order valence-corrected chi connectivity index (χ0v) is 10.7. The molecule has 0 fully saturated rings. The molecule has 2 aromatic rings. The molecule has 1 N–H and O–H groups in total. The minimum atomic E-state index is -1.31. The van der Waals surface area contributed by atoms with Crippen LogP contribution in [0.25, 0.3) is 0 Å². The van der Waals surface area contributed by atoms with Gasteiger partial charge in [0.1, 0.15) is 5.71 Å². The number of nitrogens with zero attached hydrogens (tertiary/aromatic N) is 1. The predicted molar refractivity (Wildman–Crippen MR) is 73.9 cm³/mol. The molecule has 0 bridgehead atoms. The molecule has 0 saturated heterocycles. The Morgan fingerprint density at radius 1 is 1.00 bits per heavy atom. The monoisotopic (exact) mass is 253 g/mol. The van der Waals surface area contributed by atoms with Crippen LogP contribution in [0, 0.1) is 0 Å². The molecule has 3 nitrogen and oxygen atoms in total. The van der Waals surface area contributed by atoms with Crippen molar-refractivity contribution in [1.82, 2.24) is 0 Å². The fourth-order valence-corrected chi connectivity index (χ4v) is 2.44. The third-order valence-electron chi connectivity index (χ3n) is 3.34. The largest absolute Gasteiger partial charge is 0.359 e. The lowest BCUT2D eigenvalue weighted by Crippen LogP contribution is -2.33. The van der Waals surface area contributed by atoms with E-state index in [1.54, 1.807) is 6.92 Å². The van der Waals surface area contributed by atoms with E-state index in [4.69, 9.17) is 4.84 Å². The summed E-state index contributed by atoms with van der Waals surface area (Å²) in [5.74, 6) is -1.59. The normalized spacial score (nSPS) is 25.8. The Bertz CT molecular complexity index is 591. The van der Waals surface area contributed by atoms with Crippen LogP contribution in [0.3, 0.4) is 0 Å². The highest BCUT2D eigenvalue weighted by Gasteiger charge is 2.44. The van der Waals surface area contributed by atoms with Crippen molar-refractivity contribution in [1.29, 1.82) is 0 Å². The van der Waals surface area contributed by atoms with Crippen LogP contribution >= 0.6 is 0 Å². The Morgan fingerprint density at radius 2 is 1.58 bits per heavy atom. The van der Waals surface area contributed by atoms with Gasteiger partial charge in [0.2, 0.25) is 5.79 Å². The Labute approximate surface area is 112 Å². The molecule has 3 heteroatoms. The van der Waals surface area contributed by atoms with Crippen molar-refractivity contribution >= 4 is 5.71 Å². The van der Waals surface area contributed by atoms with Crippen LogP contribution in [0.15, 0.2) is 65.8 Å². The number of oxime groups is 1. The van der Waals surface area contributed by atoms with E-state index in [1.807, 2.05) is 60.7 Å². The van der Waals surface area contributed by atoms with Crippen molar-refractivity contribution in [3.63, 3.8) is 0 Å². The van der Waals surface area contributed by atoms with Crippen LogP contribution in [0.2, 0.25) is 0 Å². The molecule has 96 valence electrons. The fraction of sp³-hybridized carbons (Fsp3) is 0.188. The fourth-order valence-electron chi connectivity index (χ4n) is 2.44. The smallest absolute Gasteiger partial charge is 0.244 e. The number of aliphatic hydroxyl groups is 1. The van der Waals surface area contributed by atoms with Crippen LogP contribution in [0.5, 0.6) is 0 Å². The molecular formula is C16H15NO2. The van der Waals surface area contributed by atoms with Gasteiger partial charge in [-0.2, -0.15) is 0 Å². The van der Waals surface area contributed by atoms with E-state index in [1.165, 1.54) is 0 Å². The predicted octanol–water partition coefficient (Wildman–Crippen LogP) is 2.91. The average Bonchev–Trinajstić information content (AvgIpc) is 2.76. The maximum Gasteiger partial charge on any atom is 0.244 e. The van der Waals surface area contributed by atoms with E-state index in [2.05, 4.69) is 5.16 Å². The van der Waals surface area contributed by atoms with E-state index in [0.29, 0.717) is 0 Å². The molecule has 0 amide bonds. The van der Waals surface area contributed by atoms with Crippen LogP contribution in [0.4, 0.5) is 0 Å². The van der Waals surface area contributed by atoms with Crippen molar-refractivity contribution in [2.24, 2.45) is 5.16 Å². The summed E-state index contributed by atoms with van der Waals surface area (Å²) in [4.78, 5) is 5.22. The molecule has 1 aliphatic heterocycles. The molecular weight excluding hydrogens is 238 g/mol. The first kappa shape index (κ1) is 11.9. The molecule has 2 aromatic carbocycles. The molecule has 0 radical (unpaired) electrons. The van der Waals surface area contributed by atoms with Gasteiger partial charge >= 0.3 is 0 Å². The summed E-state index contributed by atoms with van der Waals surface area (Å²) in [6, 6.07) is 19.6. The third kappa shape index (κ3) is 2.13. The molecule has 1 aliphatic rings. The minimum Gasteiger partial charge on any atom is -0.359 e. The minimum absolute atomic E-state index is 0.281. The van der Waals surface area contributed by atoms with Crippen LogP contribution in [0.1, 0.15) is 24.0 Å². The van der Waals surface area contributed by atoms with Crippen LogP contribution in [-0.2, 0) is 4.84 Å². The maximum absolute atomic E-state index is 10.4. The van der Waals surface area contributed by atoms with Gasteiger partial charge in [0, 0.05) is 12.5 Å². The highest BCUT2D eigenvalue weighted by atomic mass is 16.7. The first-order chi connectivity index (χ1) is 9.18. The Kier molecular flexibility index (Phi) is 2.84. The van der Waals surface area contributed by atoms with Crippen molar-refractivity contribution in [2.75, 3.05) is 0 Å². The highest BCUT2D eigenvalue weighted by molar-refractivity contribution is 6.06. The lowest BCUT2D eigenvalue weighted by molar-refractivity contribution is -0.179. The summed E-state index contributed by atoms with van der Waals surface area (Å²) in [5.41, 5.74) is 2.72. The second-order valence-electron chi connectivity index (χ2n) is 4.83. The first-order valence-corrected chi connectivity index (χ1v) is 6.27. The molecule has 0 aliphatic carbocycles. The zero-order chi connectivity index (χ0) is 13.3. The van der Waals surface area contributed by atoms with Gasteiger partial charge in [-0.05, 0) is 5.56 Å². The molecule has 0 unspecified atom stereocenters. The van der Waals surface area contributed by atoms with E-state index >= 15 is 0 Å². The quantitative estimate of drug-likeness (QED) is 0.894. The lowest BCUT2D eigenvalue weighted by Gasteiger charge is -2.24. The van der Waals surface area contributed by atoms with Gasteiger partial charge in [0.05, 0.1) is 5.92 Å². The number of hydrogen-bond acceptors (Lipinski definition) is 3. The highest BCUT2D eigenvalue weighted by Crippen LogP contribution is 2.38. The molecule has 0 aromatic heterocycles. The van der Waals surface area contributed by atoms with Gasteiger partial charge in [0.15, 0.2) is 0 Å². The molecule has 0 saturated carbocycles. The van der Waals surface area contributed by atoms with Crippen molar-refractivity contribution < 1.29 is 9.94 Å². The van der Waals surface area contributed by atoms with Crippen molar-refractivity contribution in [3.05, 3.63) is 71.8 Å². The first-order valence-electron chi connectivity index (χ1n) is 6.27. The summed E-state index contributed by atoms with van der Waals surface area (Å²) in [6.45, 7) is 1.64. The molecule has 2 atom stereocenters. The number of benzene rings is 2. The van der Waals surface area contributed by atoms with Crippen molar-refractivity contribution in [2.45, 2.75) is 18.6 Å². The number of rotatable bonds is 2. The molecule has 3 rings (SSSR count). The topological polar surface area (TPSA) is 41.8 Å². The second-order valence-corrected chi connectivity index (χ2v) is 4.83. The average molecular weight is 253 g/mol. The standard InChI is InChI=1S/C16H15NO2/c1-16(18)14(12-8-4-2-5-9-12)15(17-19-16)13-10-6-3-7-11-13/h2-11,14,18H,1H3/t14-,16+/m1/s1. The van der Waals surface area contributed by atoms with Gasteiger partial charge in [0.25, 0.3) is 0 Å². The van der Waals surface area contributed by atoms with Gasteiger partial charge in [-0.25, -0.2) is 0 Å².